The van der Waals surface area contributed by atoms with Crippen molar-refractivity contribution in [2.75, 3.05) is 11.9 Å². The molecule has 2 aromatic rings. The maximum Gasteiger partial charge on any atom is 0.132 e. The number of hydrogen-bond donors (Lipinski definition) is 1. The molecule has 0 unspecified atom stereocenters. The normalized spacial score (nSPS) is 12.2. The third-order valence-corrected chi connectivity index (χ3v) is 3.59. The first-order valence-corrected chi connectivity index (χ1v) is 7.18. The van der Waals surface area contributed by atoms with Crippen LogP contribution in [0.5, 0.6) is 0 Å². The minimum Gasteiger partial charge on any atom is -0.356 e. The first-order valence-electron chi connectivity index (χ1n) is 7.18. The van der Waals surface area contributed by atoms with E-state index in [-0.39, 0.29) is 0 Å². The maximum absolute atomic E-state index is 5.69. The monoisotopic (exact) mass is 285 g/mol. The Hall–Kier alpha value is -2.01. The number of hydrogen-bond acceptors (Lipinski definition) is 5. The quantitative estimate of drug-likeness (QED) is 0.910. The molecule has 2 N–H and O–H groups in total. The zero-order valence-electron chi connectivity index (χ0n) is 13.2. The molecule has 0 bridgehead atoms. The lowest BCUT2D eigenvalue weighted by Crippen LogP contribution is -2.32. The molecule has 0 amide bonds. The summed E-state index contributed by atoms with van der Waals surface area (Å²) >= 11 is 0. The minimum absolute atomic E-state index is 0.291. The molecule has 0 fully saturated rings. The van der Waals surface area contributed by atoms with Crippen LogP contribution in [0.4, 0.5) is 5.82 Å². The molecule has 2 aromatic heterocycles. The largest absolute Gasteiger partial charge is 0.356 e. The smallest absolute Gasteiger partial charge is 0.132 e. The highest BCUT2D eigenvalue weighted by Crippen LogP contribution is 2.16. The summed E-state index contributed by atoms with van der Waals surface area (Å²) in [5.41, 5.74) is 8.88. The molecular weight excluding hydrogens is 262 g/mol. The van der Waals surface area contributed by atoms with Crippen LogP contribution in [0.25, 0.3) is 0 Å². The Morgan fingerprint density at radius 2 is 1.95 bits per heavy atom. The molecule has 112 valence electrons. The van der Waals surface area contributed by atoms with Gasteiger partial charge in [-0.25, -0.2) is 9.97 Å². The standard InChI is InChI=1S/C16H23N5/c1-11-5-6-18-14(7-11)8-12(2)21(4)16-9-15(10-17)19-13(3)20-16/h5-7,9,12H,8,10,17H2,1-4H3/t12-/m1/s1. The van der Waals surface area contributed by atoms with Crippen molar-refractivity contribution >= 4 is 5.82 Å². The van der Waals surface area contributed by atoms with E-state index in [9.17, 15) is 0 Å². The average Bonchev–Trinajstić information content (AvgIpc) is 2.45. The van der Waals surface area contributed by atoms with Gasteiger partial charge in [0.2, 0.25) is 0 Å². The van der Waals surface area contributed by atoms with Crippen molar-refractivity contribution in [3.05, 3.63) is 47.2 Å². The average molecular weight is 285 g/mol. The molecule has 0 aliphatic carbocycles. The highest BCUT2D eigenvalue weighted by atomic mass is 15.2. The number of rotatable bonds is 5. The number of nitrogens with two attached hydrogens (primary N) is 1. The van der Waals surface area contributed by atoms with E-state index in [0.717, 1.165) is 29.5 Å². The first-order chi connectivity index (χ1) is 9.99. The molecule has 0 aromatic carbocycles. The Labute approximate surface area is 126 Å². The van der Waals surface area contributed by atoms with Crippen molar-refractivity contribution in [2.24, 2.45) is 5.73 Å². The lowest BCUT2D eigenvalue weighted by atomic mass is 10.1. The van der Waals surface area contributed by atoms with Crippen LogP contribution >= 0.6 is 0 Å². The van der Waals surface area contributed by atoms with Gasteiger partial charge in [-0.1, -0.05) is 0 Å². The highest BCUT2D eigenvalue weighted by Gasteiger charge is 2.14. The molecule has 0 saturated carbocycles. The molecule has 0 saturated heterocycles. The summed E-state index contributed by atoms with van der Waals surface area (Å²) in [6.07, 6.45) is 2.73. The SMILES string of the molecule is Cc1ccnc(C[C@@H](C)N(C)c2cc(CN)nc(C)n2)c1. The number of nitrogens with zero attached hydrogens (tertiary/aromatic N) is 4. The Morgan fingerprint density at radius 3 is 2.62 bits per heavy atom. The number of likely N-dealkylation sites (N-methyl/N-ethyl adjacent to an activating group) is 1. The van der Waals surface area contributed by atoms with Crippen LogP contribution in [0, 0.1) is 13.8 Å². The molecule has 0 aliphatic heterocycles. The molecule has 0 spiro atoms. The van der Waals surface area contributed by atoms with Crippen molar-refractivity contribution in [1.29, 1.82) is 0 Å². The van der Waals surface area contributed by atoms with Gasteiger partial charge in [-0.05, 0) is 38.5 Å². The van der Waals surface area contributed by atoms with E-state index in [1.54, 1.807) is 0 Å². The van der Waals surface area contributed by atoms with Gasteiger partial charge < -0.3 is 10.6 Å². The highest BCUT2D eigenvalue weighted by molar-refractivity contribution is 5.40. The van der Waals surface area contributed by atoms with E-state index >= 15 is 0 Å². The number of anilines is 1. The van der Waals surface area contributed by atoms with Crippen LogP contribution in [0.3, 0.4) is 0 Å². The fourth-order valence-corrected chi connectivity index (χ4v) is 2.27. The molecule has 2 heterocycles. The van der Waals surface area contributed by atoms with E-state index < -0.39 is 0 Å². The van der Waals surface area contributed by atoms with Crippen LogP contribution in [-0.4, -0.2) is 28.0 Å². The van der Waals surface area contributed by atoms with Crippen LogP contribution in [0.1, 0.15) is 29.7 Å². The lowest BCUT2D eigenvalue weighted by Gasteiger charge is -2.26. The van der Waals surface area contributed by atoms with E-state index in [2.05, 4.69) is 39.8 Å². The second-order valence-electron chi connectivity index (χ2n) is 5.46. The predicted octanol–water partition coefficient (Wildman–Crippen LogP) is 2.01. The summed E-state index contributed by atoms with van der Waals surface area (Å²) in [5, 5.41) is 0. The third kappa shape index (κ3) is 3.98. The van der Waals surface area contributed by atoms with Crippen LogP contribution in [0.15, 0.2) is 24.4 Å². The summed E-state index contributed by atoms with van der Waals surface area (Å²) in [5.74, 6) is 1.66. The van der Waals surface area contributed by atoms with Crippen LogP contribution in [0.2, 0.25) is 0 Å². The Kier molecular flexibility index (Phi) is 4.85. The second-order valence-corrected chi connectivity index (χ2v) is 5.46. The zero-order chi connectivity index (χ0) is 15.4. The lowest BCUT2D eigenvalue weighted by molar-refractivity contribution is 0.660. The van der Waals surface area contributed by atoms with Crippen molar-refractivity contribution in [3.63, 3.8) is 0 Å². The summed E-state index contributed by atoms with van der Waals surface area (Å²) < 4.78 is 0. The van der Waals surface area contributed by atoms with Gasteiger partial charge in [0, 0.05) is 44.0 Å². The van der Waals surface area contributed by atoms with Crippen molar-refractivity contribution in [1.82, 2.24) is 15.0 Å². The number of aryl methyl sites for hydroxylation is 2. The third-order valence-electron chi connectivity index (χ3n) is 3.59. The van der Waals surface area contributed by atoms with Crippen molar-refractivity contribution < 1.29 is 0 Å². The van der Waals surface area contributed by atoms with Gasteiger partial charge in [0.1, 0.15) is 11.6 Å². The van der Waals surface area contributed by atoms with Crippen molar-refractivity contribution in [2.45, 2.75) is 39.8 Å². The topological polar surface area (TPSA) is 67.9 Å². The first kappa shape index (κ1) is 15.4. The molecule has 5 nitrogen and oxygen atoms in total. The van der Waals surface area contributed by atoms with Gasteiger partial charge in [-0.3, -0.25) is 4.98 Å². The van der Waals surface area contributed by atoms with E-state index in [1.807, 2.05) is 32.3 Å². The maximum atomic E-state index is 5.69. The van der Waals surface area contributed by atoms with Crippen molar-refractivity contribution in [3.8, 4) is 0 Å². The summed E-state index contributed by atoms with van der Waals surface area (Å²) in [4.78, 5) is 15.4. The van der Waals surface area contributed by atoms with Gasteiger partial charge >= 0.3 is 0 Å². The Balaban J connectivity index is 2.15. The molecule has 21 heavy (non-hydrogen) atoms. The molecule has 0 radical (unpaired) electrons. The summed E-state index contributed by atoms with van der Waals surface area (Å²) in [6.45, 7) is 6.58. The molecule has 0 aliphatic rings. The molecular formula is C16H23N5. The van der Waals surface area contributed by atoms with Crippen LogP contribution in [-0.2, 0) is 13.0 Å². The number of aromatic nitrogens is 3. The molecule has 5 heteroatoms. The van der Waals surface area contributed by atoms with Gasteiger partial charge in [0.25, 0.3) is 0 Å². The fraction of sp³-hybridized carbons (Fsp3) is 0.438. The Bertz CT molecular complexity index is 611. The number of pyridine rings is 1. The summed E-state index contributed by atoms with van der Waals surface area (Å²) in [6, 6.07) is 6.38. The second kappa shape index (κ2) is 6.63. The predicted molar refractivity (Wildman–Crippen MR) is 85.2 cm³/mol. The minimum atomic E-state index is 0.291. The van der Waals surface area contributed by atoms with Gasteiger partial charge in [-0.2, -0.15) is 0 Å². The molecule has 1 atom stereocenters. The Morgan fingerprint density at radius 1 is 1.19 bits per heavy atom. The molecule has 2 rings (SSSR count). The fourth-order valence-electron chi connectivity index (χ4n) is 2.27. The van der Waals surface area contributed by atoms with E-state index in [4.69, 9.17) is 5.73 Å². The van der Waals surface area contributed by atoms with Gasteiger partial charge in [0.15, 0.2) is 0 Å². The zero-order valence-corrected chi connectivity index (χ0v) is 13.2. The van der Waals surface area contributed by atoms with Crippen LogP contribution < -0.4 is 10.6 Å². The van der Waals surface area contributed by atoms with E-state index in [0.29, 0.717) is 12.6 Å². The van der Waals surface area contributed by atoms with Gasteiger partial charge in [-0.15, -0.1) is 0 Å². The summed E-state index contributed by atoms with van der Waals surface area (Å²) in [7, 11) is 2.04. The van der Waals surface area contributed by atoms with E-state index in [1.165, 1.54) is 5.56 Å². The van der Waals surface area contributed by atoms with Gasteiger partial charge in [0.05, 0.1) is 5.69 Å².